The average Bonchev–Trinajstić information content (AvgIpc) is 3.16. The third-order valence-electron chi connectivity index (χ3n) is 4.72. The monoisotopic (exact) mass is 330 g/mol. The van der Waals surface area contributed by atoms with Crippen LogP contribution in [0.25, 0.3) is 11.0 Å². The lowest BCUT2D eigenvalue weighted by Gasteiger charge is -2.21. The molecule has 1 saturated heterocycles. The number of carbonyl (C=O) groups is 1. The summed E-state index contributed by atoms with van der Waals surface area (Å²) in [5.41, 5.74) is 1.99. The summed E-state index contributed by atoms with van der Waals surface area (Å²) in [5.74, 6) is 1.01. The first-order chi connectivity index (χ1) is 11.6. The first kappa shape index (κ1) is 17.0. The predicted molar refractivity (Wildman–Crippen MR) is 93.7 cm³/mol. The number of hydrogen-bond acceptors (Lipinski definition) is 4. The van der Waals surface area contributed by atoms with Crippen molar-refractivity contribution in [3.63, 3.8) is 0 Å². The molecular weight excluding hydrogens is 304 g/mol. The molecule has 1 aliphatic rings. The Morgan fingerprint density at radius 1 is 1.42 bits per heavy atom. The Hall–Kier alpha value is -1.85. The first-order valence-corrected chi connectivity index (χ1v) is 8.75. The van der Waals surface area contributed by atoms with Crippen molar-refractivity contribution in [1.29, 1.82) is 0 Å². The second kappa shape index (κ2) is 7.36. The zero-order chi connectivity index (χ0) is 17.1. The number of furan rings is 1. The van der Waals surface area contributed by atoms with E-state index >= 15 is 0 Å². The molecule has 2 N–H and O–H groups in total. The van der Waals surface area contributed by atoms with E-state index in [2.05, 4.69) is 18.3 Å². The van der Waals surface area contributed by atoms with Gasteiger partial charge in [-0.05, 0) is 18.9 Å². The van der Waals surface area contributed by atoms with Gasteiger partial charge in [0.15, 0.2) is 0 Å². The predicted octanol–water partition coefficient (Wildman–Crippen LogP) is 2.46. The molecule has 5 heteroatoms. The van der Waals surface area contributed by atoms with Crippen LogP contribution >= 0.6 is 0 Å². The van der Waals surface area contributed by atoms with E-state index in [0.29, 0.717) is 19.5 Å². The average molecular weight is 330 g/mol. The molecule has 2 atom stereocenters. The number of likely N-dealkylation sites (N-methyl/N-ethyl adjacent to an activating group) is 1. The van der Waals surface area contributed by atoms with E-state index in [9.17, 15) is 9.90 Å². The summed E-state index contributed by atoms with van der Waals surface area (Å²) in [7, 11) is 1.82. The number of nitrogens with zero attached hydrogens (tertiary/aromatic N) is 1. The number of aliphatic hydroxyl groups excluding tert-OH is 1. The standard InChI is InChI=1S/C19H26N2O3/c1-3-4-8-18-15(14-7-5-6-9-17(14)24-18)12-21(2)19(23)16-10-13(22)11-20-16/h5-7,9,13,16,20,22H,3-4,8,10-12H2,1-2H3/t13-,16+/m1/s1. The summed E-state index contributed by atoms with van der Waals surface area (Å²) < 4.78 is 6.03. The van der Waals surface area contributed by atoms with Crippen LogP contribution in [0.15, 0.2) is 28.7 Å². The lowest BCUT2D eigenvalue weighted by Crippen LogP contribution is -2.41. The van der Waals surface area contributed by atoms with Crippen LogP contribution in [0, 0.1) is 0 Å². The molecule has 2 heterocycles. The van der Waals surface area contributed by atoms with Gasteiger partial charge in [0.25, 0.3) is 0 Å². The van der Waals surface area contributed by atoms with E-state index in [4.69, 9.17) is 4.42 Å². The number of para-hydroxylation sites is 1. The number of unbranched alkanes of at least 4 members (excludes halogenated alkanes) is 1. The topological polar surface area (TPSA) is 65.7 Å². The quantitative estimate of drug-likeness (QED) is 0.854. The summed E-state index contributed by atoms with van der Waals surface area (Å²) in [5, 5.41) is 13.8. The van der Waals surface area contributed by atoms with Crippen LogP contribution < -0.4 is 5.32 Å². The molecule has 2 aromatic rings. The molecule has 0 saturated carbocycles. The summed E-state index contributed by atoms with van der Waals surface area (Å²) in [6, 6.07) is 7.71. The SMILES string of the molecule is CCCCc1oc2ccccc2c1CN(C)C(=O)[C@@H]1C[C@@H](O)CN1. The summed E-state index contributed by atoms with van der Waals surface area (Å²) >= 11 is 0. The third-order valence-corrected chi connectivity index (χ3v) is 4.72. The molecule has 3 rings (SSSR count). The third kappa shape index (κ3) is 3.47. The number of β-amino-alcohol motifs (C(OH)–C–C–N with tert-alkyl or cyclic N) is 1. The Bertz CT molecular complexity index is 710. The van der Waals surface area contributed by atoms with E-state index in [1.54, 1.807) is 4.90 Å². The number of benzene rings is 1. The van der Waals surface area contributed by atoms with Gasteiger partial charge in [0, 0.05) is 37.5 Å². The van der Waals surface area contributed by atoms with Crippen LogP contribution in [-0.2, 0) is 17.8 Å². The lowest BCUT2D eigenvalue weighted by molar-refractivity contribution is -0.132. The number of nitrogens with one attached hydrogen (secondary N) is 1. The number of aliphatic hydroxyl groups is 1. The van der Waals surface area contributed by atoms with Crippen molar-refractivity contribution in [1.82, 2.24) is 10.2 Å². The van der Waals surface area contributed by atoms with Gasteiger partial charge in [-0.3, -0.25) is 4.79 Å². The van der Waals surface area contributed by atoms with Crippen molar-refractivity contribution in [3.05, 3.63) is 35.6 Å². The number of fused-ring (bicyclic) bond motifs is 1. The van der Waals surface area contributed by atoms with Gasteiger partial charge in [0.1, 0.15) is 11.3 Å². The minimum absolute atomic E-state index is 0.0262. The molecule has 5 nitrogen and oxygen atoms in total. The molecule has 0 aliphatic carbocycles. The second-order valence-electron chi connectivity index (χ2n) is 6.65. The maximum atomic E-state index is 12.6. The molecule has 24 heavy (non-hydrogen) atoms. The van der Waals surface area contributed by atoms with E-state index in [-0.39, 0.29) is 11.9 Å². The van der Waals surface area contributed by atoms with Gasteiger partial charge in [-0.1, -0.05) is 31.5 Å². The highest BCUT2D eigenvalue weighted by Gasteiger charge is 2.30. The molecule has 0 spiro atoms. The molecule has 0 bridgehead atoms. The Kier molecular flexibility index (Phi) is 5.21. The largest absolute Gasteiger partial charge is 0.461 e. The fraction of sp³-hybridized carbons (Fsp3) is 0.526. The zero-order valence-electron chi connectivity index (χ0n) is 14.4. The Balaban J connectivity index is 1.81. The molecule has 1 fully saturated rings. The van der Waals surface area contributed by atoms with Crippen molar-refractivity contribution in [3.8, 4) is 0 Å². The van der Waals surface area contributed by atoms with Gasteiger partial charge >= 0.3 is 0 Å². The number of aryl methyl sites for hydroxylation is 1. The van der Waals surface area contributed by atoms with Crippen molar-refractivity contribution in [2.45, 2.75) is 51.3 Å². The molecule has 1 aromatic carbocycles. The Morgan fingerprint density at radius 2 is 2.21 bits per heavy atom. The van der Waals surface area contributed by atoms with Crippen LogP contribution in [0.5, 0.6) is 0 Å². The second-order valence-corrected chi connectivity index (χ2v) is 6.65. The van der Waals surface area contributed by atoms with Crippen LogP contribution in [0.1, 0.15) is 37.5 Å². The smallest absolute Gasteiger partial charge is 0.239 e. The fourth-order valence-electron chi connectivity index (χ4n) is 3.35. The molecule has 1 aromatic heterocycles. The van der Waals surface area contributed by atoms with Crippen LogP contribution in [0.3, 0.4) is 0 Å². The highest BCUT2D eigenvalue weighted by atomic mass is 16.3. The highest BCUT2D eigenvalue weighted by Crippen LogP contribution is 2.28. The molecule has 1 amide bonds. The fourth-order valence-corrected chi connectivity index (χ4v) is 3.35. The van der Waals surface area contributed by atoms with E-state index in [1.807, 2.05) is 25.2 Å². The summed E-state index contributed by atoms with van der Waals surface area (Å²) in [6.45, 7) is 3.18. The number of carbonyl (C=O) groups excluding carboxylic acids is 1. The van der Waals surface area contributed by atoms with Crippen molar-refractivity contribution in [2.75, 3.05) is 13.6 Å². The zero-order valence-corrected chi connectivity index (χ0v) is 14.4. The Morgan fingerprint density at radius 3 is 2.92 bits per heavy atom. The van der Waals surface area contributed by atoms with Gasteiger partial charge in [-0.2, -0.15) is 0 Å². The van der Waals surface area contributed by atoms with Crippen molar-refractivity contribution < 1.29 is 14.3 Å². The highest BCUT2D eigenvalue weighted by molar-refractivity contribution is 5.85. The van der Waals surface area contributed by atoms with Crippen LogP contribution in [0.2, 0.25) is 0 Å². The first-order valence-electron chi connectivity index (χ1n) is 8.75. The van der Waals surface area contributed by atoms with E-state index in [0.717, 1.165) is 41.6 Å². The Labute approximate surface area is 142 Å². The molecule has 0 radical (unpaired) electrons. The molecule has 1 aliphatic heterocycles. The minimum atomic E-state index is -0.428. The minimum Gasteiger partial charge on any atom is -0.461 e. The van der Waals surface area contributed by atoms with Gasteiger partial charge in [0.2, 0.25) is 5.91 Å². The maximum absolute atomic E-state index is 12.6. The van der Waals surface area contributed by atoms with Gasteiger partial charge in [0.05, 0.1) is 12.1 Å². The van der Waals surface area contributed by atoms with Crippen LogP contribution in [0.4, 0.5) is 0 Å². The molecular formula is C19H26N2O3. The van der Waals surface area contributed by atoms with E-state index < -0.39 is 6.10 Å². The summed E-state index contributed by atoms with van der Waals surface area (Å²) in [6.07, 6.45) is 3.12. The maximum Gasteiger partial charge on any atom is 0.239 e. The number of rotatable bonds is 6. The normalized spacial score (nSPS) is 20.6. The van der Waals surface area contributed by atoms with Crippen LogP contribution in [-0.4, -0.2) is 41.7 Å². The molecule has 130 valence electrons. The van der Waals surface area contributed by atoms with Gasteiger partial charge < -0.3 is 19.7 Å². The van der Waals surface area contributed by atoms with Crippen molar-refractivity contribution in [2.24, 2.45) is 0 Å². The van der Waals surface area contributed by atoms with Gasteiger partial charge in [-0.25, -0.2) is 0 Å². The number of hydrogen-bond donors (Lipinski definition) is 2. The van der Waals surface area contributed by atoms with Crippen molar-refractivity contribution >= 4 is 16.9 Å². The lowest BCUT2D eigenvalue weighted by atomic mass is 10.1. The molecule has 0 unspecified atom stereocenters. The summed E-state index contributed by atoms with van der Waals surface area (Å²) in [4.78, 5) is 14.3. The number of amides is 1. The van der Waals surface area contributed by atoms with E-state index in [1.165, 1.54) is 0 Å². The van der Waals surface area contributed by atoms with Gasteiger partial charge in [-0.15, -0.1) is 0 Å².